The number of nitrogens with two attached hydrogens (primary N) is 1. The van der Waals surface area contributed by atoms with Crippen molar-refractivity contribution in [1.82, 2.24) is 5.32 Å². The number of hydrogen-bond donors (Lipinski definition) is 2. The van der Waals surface area contributed by atoms with E-state index in [-0.39, 0.29) is 11.9 Å². The van der Waals surface area contributed by atoms with Gasteiger partial charge in [0.1, 0.15) is 0 Å². The van der Waals surface area contributed by atoms with Gasteiger partial charge in [-0.05, 0) is 18.6 Å². The Kier molecular flexibility index (Phi) is 4.78. The van der Waals surface area contributed by atoms with Crippen LogP contribution >= 0.6 is 15.9 Å². The second-order valence-electron chi connectivity index (χ2n) is 3.54. The molecule has 0 radical (unpaired) electrons. The SMILES string of the molecule is CC(CC(N)=O)NCc1ccccc1Br. The molecule has 0 saturated carbocycles. The summed E-state index contributed by atoms with van der Waals surface area (Å²) in [6, 6.07) is 8.10. The fourth-order valence-electron chi connectivity index (χ4n) is 1.30. The van der Waals surface area contributed by atoms with Gasteiger partial charge in [-0.2, -0.15) is 0 Å². The van der Waals surface area contributed by atoms with Crippen LogP contribution in [0.3, 0.4) is 0 Å². The summed E-state index contributed by atoms with van der Waals surface area (Å²) in [4.78, 5) is 10.7. The third-order valence-corrected chi connectivity index (χ3v) is 2.88. The molecule has 0 aliphatic heterocycles. The normalized spacial score (nSPS) is 12.4. The highest BCUT2D eigenvalue weighted by molar-refractivity contribution is 9.10. The summed E-state index contributed by atoms with van der Waals surface area (Å²) in [5.74, 6) is -0.276. The van der Waals surface area contributed by atoms with Crippen LogP contribution in [0.25, 0.3) is 0 Å². The van der Waals surface area contributed by atoms with E-state index in [9.17, 15) is 4.79 Å². The number of amides is 1. The highest BCUT2D eigenvalue weighted by Crippen LogP contribution is 2.15. The fourth-order valence-corrected chi connectivity index (χ4v) is 1.72. The molecule has 3 nitrogen and oxygen atoms in total. The van der Waals surface area contributed by atoms with Crippen molar-refractivity contribution in [2.45, 2.75) is 25.9 Å². The molecule has 1 unspecified atom stereocenters. The van der Waals surface area contributed by atoms with E-state index in [0.717, 1.165) is 11.0 Å². The molecule has 0 heterocycles. The van der Waals surface area contributed by atoms with Crippen LogP contribution in [0.1, 0.15) is 18.9 Å². The average Bonchev–Trinajstić information content (AvgIpc) is 2.15. The molecule has 0 aromatic heterocycles. The molecule has 1 amide bonds. The van der Waals surface area contributed by atoms with Gasteiger partial charge in [0.2, 0.25) is 5.91 Å². The maximum atomic E-state index is 10.7. The Morgan fingerprint density at radius 2 is 2.20 bits per heavy atom. The van der Waals surface area contributed by atoms with E-state index in [1.807, 2.05) is 31.2 Å². The predicted molar refractivity (Wildman–Crippen MR) is 64.3 cm³/mol. The van der Waals surface area contributed by atoms with Crippen molar-refractivity contribution >= 4 is 21.8 Å². The highest BCUT2D eigenvalue weighted by atomic mass is 79.9. The summed E-state index contributed by atoms with van der Waals surface area (Å²) in [6.07, 6.45) is 0.366. The summed E-state index contributed by atoms with van der Waals surface area (Å²) >= 11 is 3.47. The van der Waals surface area contributed by atoms with E-state index in [2.05, 4.69) is 21.2 Å². The molecule has 82 valence electrons. The van der Waals surface area contributed by atoms with Crippen molar-refractivity contribution in [3.8, 4) is 0 Å². The lowest BCUT2D eigenvalue weighted by molar-refractivity contribution is -0.118. The third kappa shape index (κ3) is 4.44. The molecular formula is C11H15BrN2O. The lowest BCUT2D eigenvalue weighted by Crippen LogP contribution is -2.30. The number of hydrogen-bond acceptors (Lipinski definition) is 2. The van der Waals surface area contributed by atoms with E-state index >= 15 is 0 Å². The zero-order chi connectivity index (χ0) is 11.3. The van der Waals surface area contributed by atoms with Gasteiger partial charge < -0.3 is 11.1 Å². The maximum absolute atomic E-state index is 10.7. The van der Waals surface area contributed by atoms with Gasteiger partial charge in [0, 0.05) is 23.5 Å². The number of carbonyl (C=O) groups is 1. The average molecular weight is 271 g/mol. The number of rotatable bonds is 5. The van der Waals surface area contributed by atoms with Gasteiger partial charge in [0.25, 0.3) is 0 Å². The molecule has 0 saturated heterocycles. The Bertz CT molecular complexity index is 341. The standard InChI is InChI=1S/C11H15BrN2O/c1-8(6-11(13)15)14-7-9-4-2-3-5-10(9)12/h2-5,8,14H,6-7H2,1H3,(H2,13,15). The van der Waals surface area contributed by atoms with E-state index in [0.29, 0.717) is 6.42 Å². The lowest BCUT2D eigenvalue weighted by atomic mass is 10.2. The van der Waals surface area contributed by atoms with Crippen molar-refractivity contribution in [3.63, 3.8) is 0 Å². The van der Waals surface area contributed by atoms with Gasteiger partial charge in [-0.15, -0.1) is 0 Å². The van der Waals surface area contributed by atoms with Gasteiger partial charge in [-0.25, -0.2) is 0 Å². The van der Waals surface area contributed by atoms with Crippen LogP contribution in [0, 0.1) is 0 Å². The Labute approximate surface area is 98.2 Å². The van der Waals surface area contributed by atoms with Crippen LogP contribution in [0.15, 0.2) is 28.7 Å². The van der Waals surface area contributed by atoms with Gasteiger partial charge >= 0.3 is 0 Å². The Morgan fingerprint density at radius 3 is 2.80 bits per heavy atom. The van der Waals surface area contributed by atoms with Crippen molar-refractivity contribution < 1.29 is 4.79 Å². The van der Waals surface area contributed by atoms with E-state index in [4.69, 9.17) is 5.73 Å². The molecule has 1 aromatic carbocycles. The maximum Gasteiger partial charge on any atom is 0.218 e. The lowest BCUT2D eigenvalue weighted by Gasteiger charge is -2.12. The molecule has 0 spiro atoms. The minimum absolute atomic E-state index is 0.106. The summed E-state index contributed by atoms with van der Waals surface area (Å²) in [5, 5.41) is 3.24. The number of nitrogens with one attached hydrogen (secondary N) is 1. The molecule has 0 bridgehead atoms. The Hall–Kier alpha value is -0.870. The van der Waals surface area contributed by atoms with Crippen LogP contribution in [-0.2, 0) is 11.3 Å². The molecule has 1 aromatic rings. The van der Waals surface area contributed by atoms with Crippen LogP contribution in [0.2, 0.25) is 0 Å². The first-order valence-corrected chi connectivity index (χ1v) is 5.64. The molecule has 1 atom stereocenters. The number of carbonyl (C=O) groups excluding carboxylic acids is 1. The second-order valence-corrected chi connectivity index (χ2v) is 4.40. The predicted octanol–water partition coefficient (Wildman–Crippen LogP) is 1.80. The minimum Gasteiger partial charge on any atom is -0.370 e. The van der Waals surface area contributed by atoms with Crippen molar-refractivity contribution in [3.05, 3.63) is 34.3 Å². The summed E-state index contributed by atoms with van der Waals surface area (Å²) in [7, 11) is 0. The fraction of sp³-hybridized carbons (Fsp3) is 0.364. The summed E-state index contributed by atoms with van der Waals surface area (Å²) in [6.45, 7) is 2.68. The van der Waals surface area contributed by atoms with Gasteiger partial charge in [0.05, 0.1) is 0 Å². The van der Waals surface area contributed by atoms with E-state index < -0.39 is 0 Å². The zero-order valence-corrected chi connectivity index (χ0v) is 10.3. The largest absolute Gasteiger partial charge is 0.370 e. The second kappa shape index (κ2) is 5.88. The number of primary amides is 1. The highest BCUT2D eigenvalue weighted by Gasteiger charge is 2.05. The van der Waals surface area contributed by atoms with Gasteiger partial charge in [-0.3, -0.25) is 4.79 Å². The monoisotopic (exact) mass is 270 g/mol. The molecule has 0 aliphatic rings. The van der Waals surface area contributed by atoms with Crippen LogP contribution < -0.4 is 11.1 Å². The molecule has 15 heavy (non-hydrogen) atoms. The third-order valence-electron chi connectivity index (χ3n) is 2.11. The molecular weight excluding hydrogens is 256 g/mol. The first-order chi connectivity index (χ1) is 7.09. The Balaban J connectivity index is 2.43. The molecule has 1 rings (SSSR count). The van der Waals surface area contributed by atoms with Crippen LogP contribution in [0.4, 0.5) is 0 Å². The molecule has 0 fully saturated rings. The van der Waals surface area contributed by atoms with Crippen LogP contribution in [-0.4, -0.2) is 11.9 Å². The van der Waals surface area contributed by atoms with Crippen molar-refractivity contribution in [2.24, 2.45) is 5.73 Å². The van der Waals surface area contributed by atoms with Crippen molar-refractivity contribution in [2.75, 3.05) is 0 Å². The van der Waals surface area contributed by atoms with E-state index in [1.165, 1.54) is 5.56 Å². The molecule has 3 N–H and O–H groups in total. The first-order valence-electron chi connectivity index (χ1n) is 4.84. The van der Waals surface area contributed by atoms with Crippen LogP contribution in [0.5, 0.6) is 0 Å². The molecule has 0 aliphatic carbocycles. The number of halogens is 1. The van der Waals surface area contributed by atoms with Gasteiger partial charge in [-0.1, -0.05) is 34.1 Å². The Morgan fingerprint density at radius 1 is 1.53 bits per heavy atom. The molecule has 4 heteroatoms. The van der Waals surface area contributed by atoms with Crippen molar-refractivity contribution in [1.29, 1.82) is 0 Å². The minimum atomic E-state index is -0.276. The van der Waals surface area contributed by atoms with E-state index in [1.54, 1.807) is 0 Å². The van der Waals surface area contributed by atoms with Gasteiger partial charge in [0.15, 0.2) is 0 Å². The quantitative estimate of drug-likeness (QED) is 0.858. The zero-order valence-electron chi connectivity index (χ0n) is 8.66. The first kappa shape index (κ1) is 12.2. The number of benzene rings is 1. The summed E-state index contributed by atoms with van der Waals surface area (Å²) < 4.78 is 1.07. The topological polar surface area (TPSA) is 55.1 Å². The smallest absolute Gasteiger partial charge is 0.218 e. The summed E-state index contributed by atoms with van der Waals surface area (Å²) in [5.41, 5.74) is 6.28.